The van der Waals surface area contributed by atoms with Gasteiger partial charge in [0.15, 0.2) is 0 Å². The second kappa shape index (κ2) is 6.41. The Hall–Kier alpha value is -1.54. The molecule has 2 atom stereocenters. The van der Waals surface area contributed by atoms with Gasteiger partial charge in [0.2, 0.25) is 0 Å². The van der Waals surface area contributed by atoms with Crippen LogP contribution in [0.4, 0.5) is 0 Å². The van der Waals surface area contributed by atoms with E-state index in [9.17, 15) is 0 Å². The Bertz CT molecular complexity index is 435. The predicted octanol–water partition coefficient (Wildman–Crippen LogP) is 3.95. The molecule has 2 aromatic rings. The monoisotopic (exact) mass is 243 g/mol. The summed E-state index contributed by atoms with van der Waals surface area (Å²) in [5, 5.41) is 3.56. The van der Waals surface area contributed by atoms with Gasteiger partial charge >= 0.3 is 0 Å². The fourth-order valence-electron chi connectivity index (χ4n) is 2.16. The summed E-state index contributed by atoms with van der Waals surface area (Å²) in [6.07, 6.45) is 3.97. The van der Waals surface area contributed by atoms with Crippen LogP contribution in [0.2, 0.25) is 0 Å². The summed E-state index contributed by atoms with van der Waals surface area (Å²) in [6, 6.07) is 15.3. The number of furan rings is 1. The quantitative estimate of drug-likeness (QED) is 0.831. The Kier molecular flexibility index (Phi) is 4.59. The Balaban J connectivity index is 1.77. The molecule has 0 radical (unpaired) electrons. The van der Waals surface area contributed by atoms with Crippen LogP contribution in [0, 0.1) is 0 Å². The van der Waals surface area contributed by atoms with E-state index >= 15 is 0 Å². The summed E-state index contributed by atoms with van der Waals surface area (Å²) < 4.78 is 5.40. The minimum Gasteiger partial charge on any atom is -0.468 e. The number of nitrogens with one attached hydrogen (secondary N) is 1. The van der Waals surface area contributed by atoms with Gasteiger partial charge in [0.25, 0.3) is 0 Å². The second-order valence-electron chi connectivity index (χ2n) is 4.83. The van der Waals surface area contributed by atoms with Crippen LogP contribution in [0.5, 0.6) is 0 Å². The maximum atomic E-state index is 5.40. The van der Waals surface area contributed by atoms with Gasteiger partial charge in [0.1, 0.15) is 5.76 Å². The van der Waals surface area contributed by atoms with E-state index in [0.29, 0.717) is 6.04 Å². The van der Waals surface area contributed by atoms with Crippen molar-refractivity contribution >= 4 is 0 Å². The molecular weight excluding hydrogens is 222 g/mol. The highest BCUT2D eigenvalue weighted by molar-refractivity contribution is 5.14. The first-order valence-corrected chi connectivity index (χ1v) is 6.59. The number of aryl methyl sites for hydroxylation is 1. The molecule has 0 aliphatic carbocycles. The molecule has 1 N–H and O–H groups in total. The van der Waals surface area contributed by atoms with E-state index in [1.807, 2.05) is 12.1 Å². The number of rotatable bonds is 6. The Morgan fingerprint density at radius 1 is 1.06 bits per heavy atom. The fraction of sp³-hybridized carbons (Fsp3) is 0.375. The van der Waals surface area contributed by atoms with E-state index in [4.69, 9.17) is 4.42 Å². The highest BCUT2D eigenvalue weighted by Crippen LogP contribution is 2.14. The van der Waals surface area contributed by atoms with Crippen molar-refractivity contribution in [2.45, 2.75) is 38.8 Å². The minimum absolute atomic E-state index is 0.269. The van der Waals surface area contributed by atoms with Crippen LogP contribution in [0.1, 0.15) is 37.6 Å². The summed E-state index contributed by atoms with van der Waals surface area (Å²) >= 11 is 0. The molecule has 0 saturated heterocycles. The van der Waals surface area contributed by atoms with Gasteiger partial charge in [-0.25, -0.2) is 0 Å². The maximum absolute atomic E-state index is 5.40. The molecule has 0 amide bonds. The number of hydrogen-bond acceptors (Lipinski definition) is 2. The van der Waals surface area contributed by atoms with E-state index in [1.165, 1.54) is 5.56 Å². The average molecular weight is 243 g/mol. The predicted molar refractivity (Wildman–Crippen MR) is 74.5 cm³/mol. The van der Waals surface area contributed by atoms with Crippen molar-refractivity contribution < 1.29 is 4.42 Å². The lowest BCUT2D eigenvalue weighted by Crippen LogP contribution is -2.29. The summed E-state index contributed by atoms with van der Waals surface area (Å²) in [5.74, 6) is 1.00. The van der Waals surface area contributed by atoms with Crippen molar-refractivity contribution in [2.75, 3.05) is 0 Å². The van der Waals surface area contributed by atoms with Crippen molar-refractivity contribution in [3.05, 3.63) is 60.1 Å². The van der Waals surface area contributed by atoms with E-state index in [-0.39, 0.29) is 6.04 Å². The third-order valence-electron chi connectivity index (χ3n) is 3.21. The first kappa shape index (κ1) is 12.9. The SMILES string of the molecule is CC(CCc1ccccc1)NC(C)c1ccco1. The molecule has 2 heteroatoms. The molecule has 0 saturated carbocycles. The van der Waals surface area contributed by atoms with Crippen LogP contribution in [0.25, 0.3) is 0 Å². The summed E-state index contributed by atoms with van der Waals surface area (Å²) in [4.78, 5) is 0. The minimum atomic E-state index is 0.269. The van der Waals surface area contributed by atoms with Crippen LogP contribution >= 0.6 is 0 Å². The smallest absolute Gasteiger partial charge is 0.120 e. The lowest BCUT2D eigenvalue weighted by molar-refractivity contribution is 0.388. The molecule has 0 aliphatic heterocycles. The summed E-state index contributed by atoms with van der Waals surface area (Å²) in [7, 11) is 0. The third kappa shape index (κ3) is 3.74. The highest BCUT2D eigenvalue weighted by atomic mass is 16.3. The molecule has 0 spiro atoms. The Morgan fingerprint density at radius 3 is 2.50 bits per heavy atom. The zero-order valence-electron chi connectivity index (χ0n) is 11.1. The van der Waals surface area contributed by atoms with Crippen molar-refractivity contribution in [3.63, 3.8) is 0 Å². The summed E-state index contributed by atoms with van der Waals surface area (Å²) in [6.45, 7) is 4.36. The molecule has 2 unspecified atom stereocenters. The molecule has 1 heterocycles. The van der Waals surface area contributed by atoms with Crippen LogP contribution in [-0.4, -0.2) is 6.04 Å². The molecule has 0 aliphatic rings. The van der Waals surface area contributed by atoms with Crippen LogP contribution < -0.4 is 5.32 Å². The van der Waals surface area contributed by atoms with E-state index in [1.54, 1.807) is 6.26 Å². The van der Waals surface area contributed by atoms with Gasteiger partial charge in [0, 0.05) is 6.04 Å². The number of benzene rings is 1. The molecule has 2 rings (SSSR count). The van der Waals surface area contributed by atoms with Crippen LogP contribution in [-0.2, 0) is 6.42 Å². The van der Waals surface area contributed by atoms with Crippen molar-refractivity contribution in [1.29, 1.82) is 0 Å². The van der Waals surface area contributed by atoms with Gasteiger partial charge in [-0.1, -0.05) is 30.3 Å². The molecule has 1 aromatic carbocycles. The van der Waals surface area contributed by atoms with Crippen LogP contribution in [0.3, 0.4) is 0 Å². The third-order valence-corrected chi connectivity index (χ3v) is 3.21. The topological polar surface area (TPSA) is 25.2 Å². The lowest BCUT2D eigenvalue weighted by Gasteiger charge is -2.18. The van der Waals surface area contributed by atoms with E-state index in [0.717, 1.165) is 18.6 Å². The Labute approximate surface area is 109 Å². The van der Waals surface area contributed by atoms with Crippen molar-refractivity contribution in [1.82, 2.24) is 5.32 Å². The zero-order valence-corrected chi connectivity index (χ0v) is 11.1. The highest BCUT2D eigenvalue weighted by Gasteiger charge is 2.11. The molecular formula is C16H21NO. The standard InChI is InChI=1S/C16H21NO/c1-13(10-11-15-7-4-3-5-8-15)17-14(2)16-9-6-12-18-16/h3-9,12-14,17H,10-11H2,1-2H3. The normalized spacial score (nSPS) is 14.3. The maximum Gasteiger partial charge on any atom is 0.120 e. The molecule has 18 heavy (non-hydrogen) atoms. The van der Waals surface area contributed by atoms with E-state index in [2.05, 4.69) is 49.5 Å². The zero-order chi connectivity index (χ0) is 12.8. The average Bonchev–Trinajstić information content (AvgIpc) is 2.91. The van der Waals surface area contributed by atoms with Gasteiger partial charge in [-0.2, -0.15) is 0 Å². The van der Waals surface area contributed by atoms with Crippen molar-refractivity contribution in [2.24, 2.45) is 0 Å². The number of hydrogen-bond donors (Lipinski definition) is 1. The van der Waals surface area contributed by atoms with Gasteiger partial charge in [-0.05, 0) is 44.4 Å². The van der Waals surface area contributed by atoms with Gasteiger partial charge in [-0.3, -0.25) is 0 Å². The first-order valence-electron chi connectivity index (χ1n) is 6.59. The second-order valence-corrected chi connectivity index (χ2v) is 4.83. The lowest BCUT2D eigenvalue weighted by atomic mass is 10.1. The van der Waals surface area contributed by atoms with Gasteiger partial charge < -0.3 is 9.73 Å². The molecule has 2 nitrogen and oxygen atoms in total. The molecule has 0 bridgehead atoms. The van der Waals surface area contributed by atoms with Crippen molar-refractivity contribution in [3.8, 4) is 0 Å². The molecule has 0 fully saturated rings. The Morgan fingerprint density at radius 2 is 1.83 bits per heavy atom. The fourth-order valence-corrected chi connectivity index (χ4v) is 2.16. The first-order chi connectivity index (χ1) is 8.75. The largest absolute Gasteiger partial charge is 0.468 e. The summed E-state index contributed by atoms with van der Waals surface area (Å²) in [5.41, 5.74) is 1.40. The van der Waals surface area contributed by atoms with E-state index < -0.39 is 0 Å². The van der Waals surface area contributed by atoms with Crippen LogP contribution in [0.15, 0.2) is 53.1 Å². The molecule has 1 aromatic heterocycles. The van der Waals surface area contributed by atoms with Gasteiger partial charge in [0.05, 0.1) is 12.3 Å². The molecule has 96 valence electrons. The van der Waals surface area contributed by atoms with Gasteiger partial charge in [-0.15, -0.1) is 0 Å².